The molecule has 0 aliphatic heterocycles. The van der Waals surface area contributed by atoms with E-state index in [1.54, 1.807) is 20.0 Å². The number of rotatable bonds is 4. The van der Waals surface area contributed by atoms with Gasteiger partial charge in [-0.15, -0.1) is 0 Å². The zero-order valence-corrected chi connectivity index (χ0v) is 8.60. The van der Waals surface area contributed by atoms with Gasteiger partial charge in [-0.3, -0.25) is 14.7 Å². The number of nitrogens with zero attached hydrogens (tertiary/aromatic N) is 2. The van der Waals surface area contributed by atoms with Crippen molar-refractivity contribution < 1.29 is 14.7 Å². The summed E-state index contributed by atoms with van der Waals surface area (Å²) in [6.07, 6.45) is 1.47. The molecule has 6 heteroatoms. The highest BCUT2D eigenvalue weighted by Gasteiger charge is 2.18. The lowest BCUT2D eigenvalue weighted by molar-refractivity contribution is -0.141. The van der Waals surface area contributed by atoms with Crippen molar-refractivity contribution in [2.75, 3.05) is 13.6 Å². The predicted octanol–water partition coefficient (Wildman–Crippen LogP) is 0.202. The number of aromatic nitrogens is 2. The second-order valence-electron chi connectivity index (χ2n) is 3.40. The highest BCUT2D eigenvalue weighted by molar-refractivity contribution is 5.92. The van der Waals surface area contributed by atoms with Gasteiger partial charge in [-0.05, 0) is 6.07 Å². The van der Waals surface area contributed by atoms with Crippen LogP contribution in [0.2, 0.25) is 0 Å². The third-order valence-electron chi connectivity index (χ3n) is 2.05. The van der Waals surface area contributed by atoms with Crippen molar-refractivity contribution in [3.05, 3.63) is 18.0 Å². The van der Waals surface area contributed by atoms with Gasteiger partial charge in [-0.25, -0.2) is 0 Å². The summed E-state index contributed by atoms with van der Waals surface area (Å²) in [4.78, 5) is 23.6. The highest BCUT2D eigenvalue weighted by Crippen LogP contribution is 2.03. The van der Waals surface area contributed by atoms with Crippen molar-refractivity contribution in [1.82, 2.24) is 15.1 Å². The molecule has 0 aromatic carbocycles. The summed E-state index contributed by atoms with van der Waals surface area (Å²) < 4.78 is 0. The topological polar surface area (TPSA) is 86.3 Å². The molecule has 1 unspecified atom stereocenters. The fourth-order valence-corrected chi connectivity index (χ4v) is 1.15. The number of aromatic amines is 1. The van der Waals surface area contributed by atoms with E-state index in [1.807, 2.05) is 0 Å². The summed E-state index contributed by atoms with van der Waals surface area (Å²) in [5.41, 5.74) is 0.357. The maximum absolute atomic E-state index is 11.6. The van der Waals surface area contributed by atoms with Gasteiger partial charge in [0.2, 0.25) is 0 Å². The van der Waals surface area contributed by atoms with Crippen LogP contribution in [0, 0.1) is 5.92 Å². The lowest BCUT2D eigenvalue weighted by Crippen LogP contribution is -2.33. The van der Waals surface area contributed by atoms with Crippen molar-refractivity contribution in [1.29, 1.82) is 0 Å². The van der Waals surface area contributed by atoms with Crippen LogP contribution < -0.4 is 0 Å². The Morgan fingerprint density at radius 3 is 2.80 bits per heavy atom. The third kappa shape index (κ3) is 2.80. The number of amides is 1. The van der Waals surface area contributed by atoms with Crippen LogP contribution in [-0.4, -0.2) is 45.7 Å². The summed E-state index contributed by atoms with van der Waals surface area (Å²) in [5.74, 6) is -1.76. The molecule has 0 aliphatic rings. The van der Waals surface area contributed by atoms with Crippen LogP contribution >= 0.6 is 0 Å². The van der Waals surface area contributed by atoms with Crippen LogP contribution in [0.25, 0.3) is 0 Å². The number of aliphatic carboxylic acids is 1. The second-order valence-corrected chi connectivity index (χ2v) is 3.40. The molecule has 1 rings (SSSR count). The fraction of sp³-hybridized carbons (Fsp3) is 0.444. The molecular formula is C9H13N3O3. The van der Waals surface area contributed by atoms with Gasteiger partial charge < -0.3 is 10.0 Å². The Kier molecular flexibility index (Phi) is 3.43. The van der Waals surface area contributed by atoms with Gasteiger partial charge >= 0.3 is 5.97 Å². The van der Waals surface area contributed by atoms with E-state index < -0.39 is 11.9 Å². The van der Waals surface area contributed by atoms with E-state index in [9.17, 15) is 9.59 Å². The Morgan fingerprint density at radius 2 is 2.33 bits per heavy atom. The molecule has 15 heavy (non-hydrogen) atoms. The van der Waals surface area contributed by atoms with Gasteiger partial charge in [0.05, 0.1) is 5.92 Å². The maximum Gasteiger partial charge on any atom is 0.308 e. The first-order valence-corrected chi connectivity index (χ1v) is 4.50. The van der Waals surface area contributed by atoms with E-state index >= 15 is 0 Å². The Hall–Kier alpha value is -1.85. The number of nitrogens with one attached hydrogen (secondary N) is 1. The molecule has 2 N–H and O–H groups in total. The molecule has 1 aromatic rings. The molecule has 0 saturated carbocycles. The smallest absolute Gasteiger partial charge is 0.308 e. The van der Waals surface area contributed by atoms with Crippen molar-refractivity contribution in [2.45, 2.75) is 6.92 Å². The van der Waals surface area contributed by atoms with Gasteiger partial charge in [0.25, 0.3) is 5.91 Å². The minimum absolute atomic E-state index is 0.174. The summed E-state index contributed by atoms with van der Waals surface area (Å²) >= 11 is 0. The molecule has 1 heterocycles. The number of H-pyrrole nitrogens is 1. The van der Waals surface area contributed by atoms with E-state index in [0.29, 0.717) is 5.69 Å². The van der Waals surface area contributed by atoms with Crippen LogP contribution in [0.15, 0.2) is 12.3 Å². The van der Waals surface area contributed by atoms with Gasteiger partial charge in [-0.1, -0.05) is 6.92 Å². The van der Waals surface area contributed by atoms with E-state index in [0.717, 1.165) is 0 Å². The summed E-state index contributed by atoms with van der Waals surface area (Å²) in [5, 5.41) is 14.9. The first-order chi connectivity index (χ1) is 7.02. The van der Waals surface area contributed by atoms with Gasteiger partial charge in [0.15, 0.2) is 0 Å². The fourth-order valence-electron chi connectivity index (χ4n) is 1.15. The predicted molar refractivity (Wildman–Crippen MR) is 52.3 cm³/mol. The summed E-state index contributed by atoms with van der Waals surface area (Å²) in [7, 11) is 1.56. The van der Waals surface area contributed by atoms with Crippen LogP contribution in [0.1, 0.15) is 17.4 Å². The number of hydrogen-bond acceptors (Lipinski definition) is 3. The number of carbonyl (C=O) groups is 2. The Bertz CT molecular complexity index is 347. The molecule has 0 fully saturated rings. The molecule has 1 amide bonds. The Labute approximate surface area is 86.9 Å². The van der Waals surface area contributed by atoms with Crippen LogP contribution in [0.5, 0.6) is 0 Å². The zero-order chi connectivity index (χ0) is 11.4. The minimum Gasteiger partial charge on any atom is -0.481 e. The average Bonchev–Trinajstić information content (AvgIpc) is 2.68. The molecule has 1 atom stereocenters. The SMILES string of the molecule is CC(CN(C)C(=O)c1ccn[nH]1)C(=O)O. The Morgan fingerprint density at radius 1 is 1.67 bits per heavy atom. The molecule has 0 radical (unpaired) electrons. The van der Waals surface area contributed by atoms with E-state index in [2.05, 4.69) is 10.2 Å². The van der Waals surface area contributed by atoms with Gasteiger partial charge in [0.1, 0.15) is 5.69 Å². The first-order valence-electron chi connectivity index (χ1n) is 4.50. The van der Waals surface area contributed by atoms with Crippen LogP contribution in [0.4, 0.5) is 0 Å². The van der Waals surface area contributed by atoms with Crippen LogP contribution in [0.3, 0.4) is 0 Å². The number of carboxylic acids is 1. The number of hydrogen-bond donors (Lipinski definition) is 2. The lowest BCUT2D eigenvalue weighted by Gasteiger charge is -2.18. The lowest BCUT2D eigenvalue weighted by atomic mass is 10.2. The molecule has 0 saturated heterocycles. The number of carbonyl (C=O) groups excluding carboxylic acids is 1. The maximum atomic E-state index is 11.6. The normalized spacial score (nSPS) is 12.1. The quantitative estimate of drug-likeness (QED) is 0.745. The largest absolute Gasteiger partial charge is 0.481 e. The monoisotopic (exact) mass is 211 g/mol. The molecular weight excluding hydrogens is 198 g/mol. The van der Waals surface area contributed by atoms with Crippen molar-refractivity contribution in [3.63, 3.8) is 0 Å². The number of carboxylic acid groups (broad SMARTS) is 1. The molecule has 82 valence electrons. The third-order valence-corrected chi connectivity index (χ3v) is 2.05. The van der Waals surface area contributed by atoms with E-state index in [1.165, 1.54) is 11.1 Å². The van der Waals surface area contributed by atoms with Gasteiger partial charge in [0, 0.05) is 19.8 Å². The minimum atomic E-state index is -0.917. The first kappa shape index (κ1) is 11.2. The molecule has 6 nitrogen and oxygen atoms in total. The Balaban J connectivity index is 2.58. The van der Waals surface area contributed by atoms with Gasteiger partial charge in [-0.2, -0.15) is 5.10 Å². The van der Waals surface area contributed by atoms with Crippen molar-refractivity contribution in [2.24, 2.45) is 5.92 Å². The summed E-state index contributed by atoms with van der Waals surface area (Å²) in [6, 6.07) is 1.55. The molecule has 0 bridgehead atoms. The van der Waals surface area contributed by atoms with Crippen molar-refractivity contribution >= 4 is 11.9 Å². The molecule has 0 aliphatic carbocycles. The van der Waals surface area contributed by atoms with Crippen LogP contribution in [-0.2, 0) is 4.79 Å². The van der Waals surface area contributed by atoms with Crippen molar-refractivity contribution in [3.8, 4) is 0 Å². The standard InChI is InChI=1S/C9H13N3O3/c1-6(9(14)15)5-12(2)8(13)7-3-4-10-11-7/h3-4,6H,5H2,1-2H3,(H,10,11)(H,14,15). The second kappa shape index (κ2) is 4.59. The van der Waals surface area contributed by atoms with E-state index in [4.69, 9.17) is 5.11 Å². The highest BCUT2D eigenvalue weighted by atomic mass is 16.4. The summed E-state index contributed by atoms with van der Waals surface area (Å²) in [6.45, 7) is 1.73. The van der Waals surface area contributed by atoms with E-state index in [-0.39, 0.29) is 12.5 Å². The average molecular weight is 211 g/mol. The zero-order valence-electron chi connectivity index (χ0n) is 8.60. The molecule has 1 aromatic heterocycles. The molecule has 0 spiro atoms.